The van der Waals surface area contributed by atoms with Crippen molar-refractivity contribution < 1.29 is 9.53 Å². The Kier molecular flexibility index (Phi) is 5.77. The van der Waals surface area contributed by atoms with Gasteiger partial charge in [0.25, 0.3) is 5.91 Å². The number of benzene rings is 1. The van der Waals surface area contributed by atoms with Gasteiger partial charge < -0.3 is 15.4 Å². The zero-order valence-corrected chi connectivity index (χ0v) is 10.8. The Hall–Kier alpha value is -1.97. The van der Waals surface area contributed by atoms with Gasteiger partial charge in [0.15, 0.2) is 6.61 Å². The van der Waals surface area contributed by atoms with Crippen LogP contribution in [0.15, 0.2) is 36.9 Å². The maximum absolute atomic E-state index is 11.7. The van der Waals surface area contributed by atoms with Gasteiger partial charge in [0.05, 0.1) is 0 Å². The number of allylic oxidation sites excluding steroid dienone is 1. The summed E-state index contributed by atoms with van der Waals surface area (Å²) in [5.41, 5.74) is 6.24. The van der Waals surface area contributed by atoms with Crippen LogP contribution >= 0.6 is 0 Å². The highest BCUT2D eigenvalue weighted by Gasteiger charge is 2.08. The van der Waals surface area contributed by atoms with Crippen LogP contribution in [0.25, 0.3) is 0 Å². The van der Waals surface area contributed by atoms with Crippen LogP contribution in [-0.2, 0) is 4.79 Å². The number of hydrogen-bond donors (Lipinski definition) is 1. The summed E-state index contributed by atoms with van der Waals surface area (Å²) in [5.74, 6) is 0.618. The van der Waals surface area contributed by atoms with Gasteiger partial charge in [0, 0.05) is 19.3 Å². The van der Waals surface area contributed by atoms with Crippen molar-refractivity contribution in [3.63, 3.8) is 0 Å². The number of hydrogen-bond acceptors (Lipinski definition) is 3. The van der Waals surface area contributed by atoms with Crippen molar-refractivity contribution in [2.75, 3.05) is 25.9 Å². The van der Waals surface area contributed by atoms with E-state index in [1.54, 1.807) is 36.2 Å². The fraction of sp³-hybridized carbons (Fsp3) is 0.357. The molecule has 0 aliphatic heterocycles. The Balaban J connectivity index is 2.31. The SMILES string of the molecule is C=CCCCN(C)C(=O)COc1ccc(N)cc1. The van der Waals surface area contributed by atoms with E-state index in [2.05, 4.69) is 6.58 Å². The molecule has 0 unspecified atom stereocenters. The Labute approximate surface area is 108 Å². The van der Waals surface area contributed by atoms with Gasteiger partial charge in [-0.2, -0.15) is 0 Å². The lowest BCUT2D eigenvalue weighted by Gasteiger charge is -2.17. The molecule has 0 atom stereocenters. The van der Waals surface area contributed by atoms with E-state index in [1.165, 1.54) is 0 Å². The molecule has 1 rings (SSSR count). The first-order valence-electron chi connectivity index (χ1n) is 5.96. The van der Waals surface area contributed by atoms with Crippen LogP contribution in [0.2, 0.25) is 0 Å². The van der Waals surface area contributed by atoms with Gasteiger partial charge in [-0.15, -0.1) is 6.58 Å². The molecule has 0 aliphatic rings. The number of carbonyl (C=O) groups is 1. The number of ether oxygens (including phenoxy) is 1. The molecular weight excluding hydrogens is 228 g/mol. The summed E-state index contributed by atoms with van der Waals surface area (Å²) in [7, 11) is 1.78. The minimum atomic E-state index is -0.0316. The molecule has 0 bridgehead atoms. The number of rotatable bonds is 7. The molecule has 4 nitrogen and oxygen atoms in total. The van der Waals surface area contributed by atoms with Crippen molar-refractivity contribution in [3.8, 4) is 5.75 Å². The smallest absolute Gasteiger partial charge is 0.260 e. The summed E-state index contributed by atoms with van der Waals surface area (Å²) in [5, 5.41) is 0. The van der Waals surface area contributed by atoms with Crippen LogP contribution in [0.3, 0.4) is 0 Å². The number of nitrogen functional groups attached to an aromatic ring is 1. The van der Waals surface area contributed by atoms with Crippen LogP contribution < -0.4 is 10.5 Å². The third-order valence-corrected chi connectivity index (χ3v) is 2.57. The molecular formula is C14H20N2O2. The highest BCUT2D eigenvalue weighted by molar-refractivity contribution is 5.77. The number of nitrogens with zero attached hydrogens (tertiary/aromatic N) is 1. The minimum absolute atomic E-state index is 0.0316. The number of unbranched alkanes of at least 4 members (excludes halogenated alkanes) is 1. The maximum atomic E-state index is 11.7. The molecule has 2 N–H and O–H groups in total. The van der Waals surface area contributed by atoms with Crippen molar-refractivity contribution in [2.45, 2.75) is 12.8 Å². The van der Waals surface area contributed by atoms with Crippen LogP contribution in [0, 0.1) is 0 Å². The fourth-order valence-electron chi connectivity index (χ4n) is 1.42. The van der Waals surface area contributed by atoms with Crippen molar-refractivity contribution in [1.82, 2.24) is 4.90 Å². The zero-order valence-electron chi connectivity index (χ0n) is 10.8. The normalized spacial score (nSPS) is 9.83. The molecule has 1 amide bonds. The Morgan fingerprint density at radius 3 is 2.72 bits per heavy atom. The summed E-state index contributed by atoms with van der Waals surface area (Å²) in [6, 6.07) is 6.99. The van der Waals surface area contributed by atoms with E-state index in [0.717, 1.165) is 19.4 Å². The predicted molar refractivity (Wildman–Crippen MR) is 73.4 cm³/mol. The average molecular weight is 248 g/mol. The standard InChI is InChI=1S/C14H20N2O2/c1-3-4-5-10-16(2)14(17)11-18-13-8-6-12(15)7-9-13/h3,6-9H,1,4-5,10-11,15H2,2H3. The van der Waals surface area contributed by atoms with Gasteiger partial charge in [-0.25, -0.2) is 0 Å². The van der Waals surface area contributed by atoms with Gasteiger partial charge in [-0.3, -0.25) is 4.79 Å². The number of anilines is 1. The summed E-state index contributed by atoms with van der Waals surface area (Å²) in [6.45, 7) is 4.42. The summed E-state index contributed by atoms with van der Waals surface area (Å²) < 4.78 is 5.38. The molecule has 0 saturated carbocycles. The first kappa shape index (κ1) is 14.1. The van der Waals surface area contributed by atoms with Crippen LogP contribution in [0.1, 0.15) is 12.8 Å². The lowest BCUT2D eigenvalue weighted by atomic mass is 10.3. The van der Waals surface area contributed by atoms with Gasteiger partial charge in [-0.05, 0) is 37.1 Å². The molecule has 18 heavy (non-hydrogen) atoms. The number of amides is 1. The molecule has 1 aromatic rings. The van der Waals surface area contributed by atoms with Gasteiger partial charge in [0.2, 0.25) is 0 Å². The van der Waals surface area contributed by atoms with Crippen LogP contribution in [0.4, 0.5) is 5.69 Å². The van der Waals surface area contributed by atoms with E-state index < -0.39 is 0 Å². The van der Waals surface area contributed by atoms with Crippen molar-refractivity contribution >= 4 is 11.6 Å². The summed E-state index contributed by atoms with van der Waals surface area (Å²) >= 11 is 0. The molecule has 98 valence electrons. The van der Waals surface area contributed by atoms with E-state index in [9.17, 15) is 4.79 Å². The second-order valence-corrected chi connectivity index (χ2v) is 4.10. The van der Waals surface area contributed by atoms with Crippen LogP contribution in [-0.4, -0.2) is 31.0 Å². The molecule has 0 aromatic heterocycles. The number of carbonyl (C=O) groups excluding carboxylic acids is 1. The third kappa shape index (κ3) is 4.91. The molecule has 0 fully saturated rings. The second-order valence-electron chi connectivity index (χ2n) is 4.10. The van der Waals surface area contributed by atoms with Crippen molar-refractivity contribution in [2.24, 2.45) is 0 Å². The van der Waals surface area contributed by atoms with Crippen molar-refractivity contribution in [1.29, 1.82) is 0 Å². The fourth-order valence-corrected chi connectivity index (χ4v) is 1.42. The maximum Gasteiger partial charge on any atom is 0.260 e. The molecule has 0 aliphatic carbocycles. The van der Waals surface area contributed by atoms with E-state index in [-0.39, 0.29) is 12.5 Å². The average Bonchev–Trinajstić information content (AvgIpc) is 2.38. The highest BCUT2D eigenvalue weighted by atomic mass is 16.5. The molecule has 0 saturated heterocycles. The van der Waals surface area contributed by atoms with E-state index in [4.69, 9.17) is 10.5 Å². The molecule has 0 heterocycles. The van der Waals surface area contributed by atoms with Gasteiger partial charge in [0.1, 0.15) is 5.75 Å². The zero-order chi connectivity index (χ0) is 13.4. The van der Waals surface area contributed by atoms with E-state index in [1.807, 2.05) is 6.08 Å². The quantitative estimate of drug-likeness (QED) is 0.456. The minimum Gasteiger partial charge on any atom is -0.484 e. The first-order valence-corrected chi connectivity index (χ1v) is 5.96. The highest BCUT2D eigenvalue weighted by Crippen LogP contribution is 2.12. The molecule has 1 aromatic carbocycles. The first-order chi connectivity index (χ1) is 8.63. The number of nitrogens with two attached hydrogens (primary N) is 1. The molecule has 4 heteroatoms. The Morgan fingerprint density at radius 1 is 1.44 bits per heavy atom. The monoisotopic (exact) mass is 248 g/mol. The van der Waals surface area contributed by atoms with E-state index >= 15 is 0 Å². The van der Waals surface area contributed by atoms with Crippen molar-refractivity contribution in [3.05, 3.63) is 36.9 Å². The molecule has 0 spiro atoms. The predicted octanol–water partition coefficient (Wildman–Crippen LogP) is 2.07. The van der Waals surface area contributed by atoms with Crippen LogP contribution in [0.5, 0.6) is 5.75 Å². The lowest BCUT2D eigenvalue weighted by molar-refractivity contribution is -0.132. The van der Waals surface area contributed by atoms with Gasteiger partial charge >= 0.3 is 0 Å². The van der Waals surface area contributed by atoms with E-state index in [0.29, 0.717) is 11.4 Å². The largest absolute Gasteiger partial charge is 0.484 e. The Morgan fingerprint density at radius 2 is 2.11 bits per heavy atom. The topological polar surface area (TPSA) is 55.6 Å². The lowest BCUT2D eigenvalue weighted by Crippen LogP contribution is -2.32. The van der Waals surface area contributed by atoms with Gasteiger partial charge in [-0.1, -0.05) is 6.08 Å². The molecule has 0 radical (unpaired) electrons. The third-order valence-electron chi connectivity index (χ3n) is 2.57. The number of likely N-dealkylation sites (N-methyl/N-ethyl adjacent to an activating group) is 1. The Bertz CT molecular complexity index is 387. The second kappa shape index (κ2) is 7.37. The summed E-state index contributed by atoms with van der Waals surface area (Å²) in [6.07, 6.45) is 3.69. The summed E-state index contributed by atoms with van der Waals surface area (Å²) in [4.78, 5) is 13.4.